The molecule has 194 valence electrons. The van der Waals surface area contributed by atoms with Crippen LogP contribution in [0, 0.1) is 5.82 Å². The topological polar surface area (TPSA) is 99.5 Å². The number of anilines is 1. The van der Waals surface area contributed by atoms with Crippen molar-refractivity contribution in [3.05, 3.63) is 60.2 Å². The number of hydrogen-bond donors (Lipinski definition) is 1. The molecule has 0 aliphatic heterocycles. The van der Waals surface area contributed by atoms with Gasteiger partial charge in [-0.1, -0.05) is 0 Å². The fourth-order valence-corrected chi connectivity index (χ4v) is 5.57. The minimum absolute atomic E-state index is 0.0515. The predicted molar refractivity (Wildman–Crippen MR) is 141 cm³/mol. The van der Waals surface area contributed by atoms with Crippen LogP contribution in [0.15, 0.2) is 53.2 Å². The normalized spacial score (nSPS) is 13.7. The molecule has 10 heteroatoms. The lowest BCUT2D eigenvalue weighted by Gasteiger charge is -2.25. The highest BCUT2D eigenvalue weighted by molar-refractivity contribution is 7.92. The molecular formula is C27H29FN4O4S. The number of carbonyl (C=O) groups excluding carboxylic acids is 1. The molecule has 0 spiro atoms. The van der Waals surface area contributed by atoms with Crippen molar-refractivity contribution in [3.8, 4) is 22.7 Å². The van der Waals surface area contributed by atoms with Crippen molar-refractivity contribution in [1.29, 1.82) is 0 Å². The van der Waals surface area contributed by atoms with E-state index in [9.17, 15) is 17.6 Å². The van der Waals surface area contributed by atoms with Crippen LogP contribution in [0.5, 0.6) is 0 Å². The van der Waals surface area contributed by atoms with Gasteiger partial charge in [0.2, 0.25) is 15.9 Å². The van der Waals surface area contributed by atoms with Gasteiger partial charge in [0.1, 0.15) is 23.0 Å². The van der Waals surface area contributed by atoms with Gasteiger partial charge in [0.25, 0.3) is 0 Å². The van der Waals surface area contributed by atoms with Crippen LogP contribution in [-0.4, -0.2) is 56.1 Å². The largest absolute Gasteiger partial charge is 0.455 e. The summed E-state index contributed by atoms with van der Waals surface area (Å²) < 4.78 is 47.2. The molecule has 2 heterocycles. The Hall–Kier alpha value is -3.66. The summed E-state index contributed by atoms with van der Waals surface area (Å²) in [6.07, 6.45) is 7.13. The highest BCUT2D eigenvalue weighted by Gasteiger charge is 2.32. The van der Waals surface area contributed by atoms with E-state index in [1.54, 1.807) is 44.7 Å². The molecule has 2 aromatic carbocycles. The van der Waals surface area contributed by atoms with Crippen LogP contribution in [-0.2, 0) is 14.8 Å². The zero-order valence-corrected chi connectivity index (χ0v) is 21.8. The summed E-state index contributed by atoms with van der Waals surface area (Å²) in [5.41, 5.74) is 3.42. The molecule has 1 aliphatic rings. The number of halogens is 1. The molecule has 0 radical (unpaired) electrons. The Balaban J connectivity index is 1.66. The Morgan fingerprint density at radius 3 is 2.51 bits per heavy atom. The molecule has 4 aromatic rings. The number of aromatic amines is 1. The van der Waals surface area contributed by atoms with Crippen molar-refractivity contribution >= 4 is 32.6 Å². The highest BCUT2D eigenvalue weighted by Crippen LogP contribution is 2.49. The lowest BCUT2D eigenvalue weighted by atomic mass is 10.0. The van der Waals surface area contributed by atoms with E-state index in [-0.39, 0.29) is 30.6 Å². The zero-order chi connectivity index (χ0) is 26.3. The van der Waals surface area contributed by atoms with Gasteiger partial charge in [0, 0.05) is 56.5 Å². The molecule has 8 nitrogen and oxygen atoms in total. The Labute approximate surface area is 215 Å². The van der Waals surface area contributed by atoms with Gasteiger partial charge >= 0.3 is 0 Å². The first-order valence-corrected chi connectivity index (χ1v) is 14.0. The molecule has 1 aliphatic carbocycles. The van der Waals surface area contributed by atoms with E-state index in [1.165, 1.54) is 27.6 Å². The average Bonchev–Trinajstić information content (AvgIpc) is 3.42. The number of aromatic nitrogens is 2. The summed E-state index contributed by atoms with van der Waals surface area (Å²) in [4.78, 5) is 21.2. The second-order valence-corrected chi connectivity index (χ2v) is 11.6. The maximum atomic E-state index is 13.6. The van der Waals surface area contributed by atoms with Crippen LogP contribution >= 0.6 is 0 Å². The summed E-state index contributed by atoms with van der Waals surface area (Å²) in [6, 6.07) is 9.81. The molecular weight excluding hydrogens is 495 g/mol. The van der Waals surface area contributed by atoms with E-state index < -0.39 is 10.0 Å². The first-order chi connectivity index (χ1) is 17.6. The Morgan fingerprint density at radius 2 is 1.92 bits per heavy atom. The second-order valence-electron chi connectivity index (χ2n) is 9.66. The number of furan rings is 1. The molecule has 5 rings (SSSR count). The van der Waals surface area contributed by atoms with E-state index in [1.807, 2.05) is 6.07 Å². The summed E-state index contributed by atoms with van der Waals surface area (Å²) in [6.45, 7) is 0.181. The third-order valence-electron chi connectivity index (χ3n) is 6.62. The number of carbonyl (C=O) groups is 1. The van der Waals surface area contributed by atoms with Crippen molar-refractivity contribution in [2.45, 2.75) is 31.6 Å². The van der Waals surface area contributed by atoms with E-state index >= 15 is 0 Å². The molecule has 1 saturated carbocycles. The maximum absolute atomic E-state index is 13.6. The number of amides is 1. The molecule has 1 N–H and O–H groups in total. The van der Waals surface area contributed by atoms with Crippen molar-refractivity contribution in [3.63, 3.8) is 0 Å². The van der Waals surface area contributed by atoms with Gasteiger partial charge < -0.3 is 14.3 Å². The number of nitrogens with one attached hydrogen (secondary N) is 1. The minimum atomic E-state index is -3.63. The minimum Gasteiger partial charge on any atom is -0.455 e. The fraction of sp³-hybridized carbons (Fsp3) is 0.333. The summed E-state index contributed by atoms with van der Waals surface area (Å²) in [5, 5.41) is 0.802. The quantitative estimate of drug-likeness (QED) is 0.327. The van der Waals surface area contributed by atoms with Crippen molar-refractivity contribution in [2.24, 2.45) is 0 Å². The van der Waals surface area contributed by atoms with Crippen LogP contribution < -0.4 is 4.31 Å². The van der Waals surface area contributed by atoms with E-state index in [0.717, 1.165) is 29.4 Å². The van der Waals surface area contributed by atoms with Crippen molar-refractivity contribution in [1.82, 2.24) is 14.9 Å². The first kappa shape index (κ1) is 25.0. The van der Waals surface area contributed by atoms with Crippen molar-refractivity contribution in [2.75, 3.05) is 31.2 Å². The molecule has 0 saturated heterocycles. The predicted octanol–water partition coefficient (Wildman–Crippen LogP) is 5.14. The van der Waals surface area contributed by atoms with Gasteiger partial charge in [-0.3, -0.25) is 9.10 Å². The number of H-pyrrole nitrogens is 1. The summed E-state index contributed by atoms with van der Waals surface area (Å²) in [5.74, 6) is 0.959. The van der Waals surface area contributed by atoms with Gasteiger partial charge in [0.05, 0.1) is 17.5 Å². The number of hydrogen-bond acceptors (Lipinski definition) is 5. The van der Waals surface area contributed by atoms with Gasteiger partial charge in [-0.05, 0) is 61.1 Å². The number of benzene rings is 2. The Kier molecular flexibility index (Phi) is 6.53. The van der Waals surface area contributed by atoms with Gasteiger partial charge in [-0.2, -0.15) is 0 Å². The fourth-order valence-electron chi connectivity index (χ4n) is 4.59. The maximum Gasteiger partial charge on any atom is 0.232 e. The number of imidazole rings is 1. The van der Waals surface area contributed by atoms with Gasteiger partial charge in [-0.15, -0.1) is 0 Å². The third-order valence-corrected chi connectivity index (χ3v) is 7.80. The van der Waals surface area contributed by atoms with E-state index in [2.05, 4.69) is 9.97 Å². The zero-order valence-electron chi connectivity index (χ0n) is 21.0. The number of fused-ring (bicyclic) bond motifs is 1. The van der Waals surface area contributed by atoms with Gasteiger partial charge in [0.15, 0.2) is 0 Å². The number of sulfonamides is 1. The Bertz CT molecular complexity index is 1540. The molecule has 37 heavy (non-hydrogen) atoms. The number of nitrogens with zero attached hydrogens (tertiary/aromatic N) is 3. The van der Waals surface area contributed by atoms with Crippen molar-refractivity contribution < 1.29 is 22.0 Å². The molecule has 0 bridgehead atoms. The molecule has 0 unspecified atom stereocenters. The van der Waals surface area contributed by atoms with Gasteiger partial charge in [-0.25, -0.2) is 17.8 Å². The Morgan fingerprint density at radius 1 is 1.19 bits per heavy atom. The summed E-state index contributed by atoms with van der Waals surface area (Å²) in [7, 11) is -0.265. The molecule has 0 atom stereocenters. The second kappa shape index (κ2) is 9.66. The molecule has 1 amide bonds. The van der Waals surface area contributed by atoms with Crippen LogP contribution in [0.3, 0.4) is 0 Å². The monoisotopic (exact) mass is 524 g/mol. The SMILES string of the molecule is CN(C)C(=O)CCCN(c1cc2oc(-c3ccc(F)cc3)c(-c3ncc[nH]3)c2cc1C1CC1)S(C)(=O)=O. The smallest absolute Gasteiger partial charge is 0.232 e. The van der Waals surface area contributed by atoms with E-state index in [0.29, 0.717) is 34.8 Å². The van der Waals surface area contributed by atoms with Crippen LogP contribution in [0.25, 0.3) is 33.7 Å². The van der Waals surface area contributed by atoms with Crippen LogP contribution in [0.1, 0.15) is 37.2 Å². The highest BCUT2D eigenvalue weighted by atomic mass is 32.2. The lowest BCUT2D eigenvalue weighted by Crippen LogP contribution is -2.32. The average molecular weight is 525 g/mol. The molecule has 2 aromatic heterocycles. The van der Waals surface area contributed by atoms with E-state index in [4.69, 9.17) is 4.42 Å². The van der Waals surface area contributed by atoms with Crippen LogP contribution in [0.2, 0.25) is 0 Å². The molecule has 1 fully saturated rings. The number of rotatable bonds is 9. The standard InChI is InChI=1S/C27H29FN4O4S/c1-31(2)24(33)5-4-14-32(37(3,34)35)22-16-23-21(15-20(22)17-6-7-17)25(27-29-12-13-30-27)26(36-23)18-8-10-19(28)11-9-18/h8-13,15-17H,4-7,14H2,1-3H3,(H,29,30). The van der Waals surface area contributed by atoms with Crippen LogP contribution in [0.4, 0.5) is 10.1 Å². The first-order valence-electron chi connectivity index (χ1n) is 12.2. The lowest BCUT2D eigenvalue weighted by molar-refractivity contribution is -0.128. The summed E-state index contributed by atoms with van der Waals surface area (Å²) >= 11 is 0. The third kappa shape index (κ3) is 5.11.